The Kier molecular flexibility index (Phi) is 3.71. The normalized spacial score (nSPS) is 25.1. The number of ether oxygens (including phenoxy) is 1. The lowest BCUT2D eigenvalue weighted by atomic mass is 10.00. The van der Waals surface area contributed by atoms with Crippen LogP contribution in [0.2, 0.25) is 0 Å². The summed E-state index contributed by atoms with van der Waals surface area (Å²) in [5.41, 5.74) is -0.210. The number of aromatic nitrogens is 1. The van der Waals surface area contributed by atoms with Gasteiger partial charge in [0.15, 0.2) is 0 Å². The molecule has 1 aromatic heterocycles. The van der Waals surface area contributed by atoms with Crippen molar-refractivity contribution in [3.8, 4) is 6.07 Å². The Morgan fingerprint density at radius 1 is 1.48 bits per heavy atom. The van der Waals surface area contributed by atoms with Crippen LogP contribution >= 0.6 is 0 Å². The van der Waals surface area contributed by atoms with Crippen LogP contribution in [-0.2, 0) is 4.74 Å². The van der Waals surface area contributed by atoms with Gasteiger partial charge in [-0.05, 0) is 37.7 Å². The zero-order chi connectivity index (χ0) is 14.8. The first-order valence-corrected chi connectivity index (χ1v) is 7.10. The molecule has 2 fully saturated rings. The van der Waals surface area contributed by atoms with E-state index in [1.807, 2.05) is 6.07 Å². The lowest BCUT2D eigenvalue weighted by molar-refractivity contribution is -0.384. The Morgan fingerprint density at radius 3 is 2.95 bits per heavy atom. The van der Waals surface area contributed by atoms with Crippen LogP contribution in [0, 0.1) is 27.4 Å². The molecule has 0 amide bonds. The third-order valence-electron chi connectivity index (χ3n) is 4.03. The molecule has 21 heavy (non-hydrogen) atoms. The number of nitrogens with zero attached hydrogens (tertiary/aromatic N) is 3. The van der Waals surface area contributed by atoms with E-state index in [2.05, 4.69) is 10.3 Å². The number of anilines is 1. The van der Waals surface area contributed by atoms with E-state index in [1.165, 1.54) is 25.1 Å². The average molecular weight is 288 g/mol. The van der Waals surface area contributed by atoms with Gasteiger partial charge in [-0.25, -0.2) is 4.98 Å². The lowest BCUT2D eigenvalue weighted by Crippen LogP contribution is -2.35. The van der Waals surface area contributed by atoms with Gasteiger partial charge >= 0.3 is 5.69 Å². The van der Waals surface area contributed by atoms with E-state index in [1.54, 1.807) is 0 Å². The SMILES string of the molecule is N#Cc1ccnc(NC2CCOC(C3CC3)C2)c1[N+](=O)[O-]. The largest absolute Gasteiger partial charge is 0.378 e. The van der Waals surface area contributed by atoms with Crippen LogP contribution in [-0.4, -0.2) is 28.7 Å². The first-order valence-electron chi connectivity index (χ1n) is 7.10. The number of hydrogen-bond donors (Lipinski definition) is 1. The van der Waals surface area contributed by atoms with Gasteiger partial charge in [0.05, 0.1) is 11.0 Å². The van der Waals surface area contributed by atoms with Crippen molar-refractivity contribution in [2.24, 2.45) is 5.92 Å². The molecule has 7 nitrogen and oxygen atoms in total. The summed E-state index contributed by atoms with van der Waals surface area (Å²) in [4.78, 5) is 14.7. The average Bonchev–Trinajstić information content (AvgIpc) is 3.31. The van der Waals surface area contributed by atoms with E-state index in [0.29, 0.717) is 12.5 Å². The fourth-order valence-electron chi connectivity index (χ4n) is 2.78. The molecule has 2 heterocycles. The van der Waals surface area contributed by atoms with Gasteiger partial charge in [-0.15, -0.1) is 0 Å². The number of nitro groups is 1. The van der Waals surface area contributed by atoms with Gasteiger partial charge in [-0.1, -0.05) is 0 Å². The topological polar surface area (TPSA) is 101 Å². The second-order valence-electron chi connectivity index (χ2n) is 5.54. The zero-order valence-electron chi connectivity index (χ0n) is 11.5. The maximum absolute atomic E-state index is 11.2. The van der Waals surface area contributed by atoms with E-state index in [-0.39, 0.29) is 29.2 Å². The van der Waals surface area contributed by atoms with Crippen molar-refractivity contribution in [1.29, 1.82) is 5.26 Å². The molecule has 0 bridgehead atoms. The Morgan fingerprint density at radius 2 is 2.29 bits per heavy atom. The van der Waals surface area contributed by atoms with Gasteiger partial charge in [-0.2, -0.15) is 5.26 Å². The monoisotopic (exact) mass is 288 g/mol. The quantitative estimate of drug-likeness (QED) is 0.673. The number of nitriles is 1. The lowest BCUT2D eigenvalue weighted by Gasteiger charge is -2.30. The Labute approximate surface area is 122 Å². The molecule has 7 heteroatoms. The van der Waals surface area contributed by atoms with Crippen molar-refractivity contribution in [3.05, 3.63) is 27.9 Å². The minimum atomic E-state index is -0.550. The highest BCUT2D eigenvalue weighted by atomic mass is 16.6. The molecule has 2 aliphatic rings. The highest BCUT2D eigenvalue weighted by molar-refractivity contribution is 5.64. The maximum Gasteiger partial charge on any atom is 0.328 e. The predicted octanol–water partition coefficient (Wildman–Crippen LogP) is 2.23. The van der Waals surface area contributed by atoms with E-state index >= 15 is 0 Å². The molecule has 1 aromatic rings. The molecule has 2 atom stereocenters. The minimum Gasteiger partial charge on any atom is -0.378 e. The zero-order valence-corrected chi connectivity index (χ0v) is 11.5. The Hall–Kier alpha value is -2.20. The van der Waals surface area contributed by atoms with Crippen molar-refractivity contribution >= 4 is 11.5 Å². The molecule has 3 rings (SSSR count). The molecule has 110 valence electrons. The fourth-order valence-corrected chi connectivity index (χ4v) is 2.78. The van der Waals surface area contributed by atoms with Crippen LogP contribution in [0.25, 0.3) is 0 Å². The summed E-state index contributed by atoms with van der Waals surface area (Å²) in [6.45, 7) is 0.657. The number of nitrogens with one attached hydrogen (secondary N) is 1. The summed E-state index contributed by atoms with van der Waals surface area (Å²) in [6.07, 6.45) is 5.71. The summed E-state index contributed by atoms with van der Waals surface area (Å²) in [5.74, 6) is 0.823. The van der Waals surface area contributed by atoms with Crippen LogP contribution < -0.4 is 5.32 Å². The minimum absolute atomic E-state index is 0.0308. The third-order valence-corrected chi connectivity index (χ3v) is 4.03. The van der Waals surface area contributed by atoms with Gasteiger partial charge in [0.1, 0.15) is 11.6 Å². The van der Waals surface area contributed by atoms with Gasteiger partial charge in [0.2, 0.25) is 5.82 Å². The number of rotatable bonds is 4. The summed E-state index contributed by atoms with van der Waals surface area (Å²) in [7, 11) is 0. The molecule has 1 N–H and O–H groups in total. The molecule has 0 aromatic carbocycles. The van der Waals surface area contributed by atoms with Gasteiger partial charge in [0.25, 0.3) is 0 Å². The highest BCUT2D eigenvalue weighted by Crippen LogP contribution is 2.39. The fraction of sp³-hybridized carbons (Fsp3) is 0.571. The highest BCUT2D eigenvalue weighted by Gasteiger charge is 2.36. The van der Waals surface area contributed by atoms with Gasteiger partial charge in [0, 0.05) is 18.8 Å². The van der Waals surface area contributed by atoms with Crippen molar-refractivity contribution in [3.63, 3.8) is 0 Å². The van der Waals surface area contributed by atoms with Crippen LogP contribution in [0.5, 0.6) is 0 Å². The molecule has 0 radical (unpaired) electrons. The Balaban J connectivity index is 1.78. The summed E-state index contributed by atoms with van der Waals surface area (Å²) in [5, 5.41) is 23.3. The molecule has 0 spiro atoms. The first kappa shape index (κ1) is 13.8. The summed E-state index contributed by atoms with van der Waals surface area (Å²) >= 11 is 0. The standard InChI is InChI=1S/C14H16N4O3/c15-8-10-3-5-16-14(13(10)18(19)20)17-11-4-6-21-12(7-11)9-1-2-9/h3,5,9,11-12H,1-2,4,6-7H2,(H,16,17). The van der Waals surface area contributed by atoms with Crippen LogP contribution in [0.15, 0.2) is 12.3 Å². The van der Waals surface area contributed by atoms with Gasteiger partial charge in [-0.3, -0.25) is 10.1 Å². The van der Waals surface area contributed by atoms with Gasteiger partial charge < -0.3 is 10.1 Å². The molecular weight excluding hydrogens is 272 g/mol. The predicted molar refractivity (Wildman–Crippen MR) is 74.7 cm³/mol. The Bertz CT molecular complexity index is 594. The van der Waals surface area contributed by atoms with Crippen LogP contribution in [0.4, 0.5) is 11.5 Å². The smallest absolute Gasteiger partial charge is 0.328 e. The van der Waals surface area contributed by atoms with Crippen molar-refractivity contribution < 1.29 is 9.66 Å². The van der Waals surface area contributed by atoms with Crippen LogP contribution in [0.1, 0.15) is 31.2 Å². The summed E-state index contributed by atoms with van der Waals surface area (Å²) < 4.78 is 5.75. The van der Waals surface area contributed by atoms with E-state index in [9.17, 15) is 10.1 Å². The molecule has 1 aliphatic heterocycles. The maximum atomic E-state index is 11.2. The van der Waals surface area contributed by atoms with E-state index in [0.717, 1.165) is 12.8 Å². The second-order valence-corrected chi connectivity index (χ2v) is 5.54. The molecule has 1 aliphatic carbocycles. The van der Waals surface area contributed by atoms with Crippen LogP contribution in [0.3, 0.4) is 0 Å². The second kappa shape index (κ2) is 5.66. The summed E-state index contributed by atoms with van der Waals surface area (Å²) in [6, 6.07) is 3.31. The van der Waals surface area contributed by atoms with Crippen molar-refractivity contribution in [2.45, 2.75) is 37.8 Å². The van der Waals surface area contributed by atoms with E-state index < -0.39 is 4.92 Å². The van der Waals surface area contributed by atoms with Crippen molar-refractivity contribution in [1.82, 2.24) is 4.98 Å². The number of hydrogen-bond acceptors (Lipinski definition) is 6. The van der Waals surface area contributed by atoms with E-state index in [4.69, 9.17) is 10.00 Å². The number of pyridine rings is 1. The first-order chi connectivity index (χ1) is 10.2. The molecule has 1 saturated heterocycles. The third kappa shape index (κ3) is 2.95. The molecular formula is C14H16N4O3. The molecule has 2 unspecified atom stereocenters. The molecule has 1 saturated carbocycles. The van der Waals surface area contributed by atoms with Crippen molar-refractivity contribution in [2.75, 3.05) is 11.9 Å².